The molecule has 0 saturated carbocycles. The quantitative estimate of drug-likeness (QED) is 0.498. The van der Waals surface area contributed by atoms with Crippen LogP contribution in [-0.4, -0.2) is 11.1 Å². The molecule has 25 heavy (non-hydrogen) atoms. The van der Waals surface area contributed by atoms with Crippen molar-refractivity contribution in [2.75, 3.05) is 0 Å². The van der Waals surface area contributed by atoms with E-state index in [0.29, 0.717) is 17.2 Å². The van der Waals surface area contributed by atoms with E-state index in [4.69, 9.17) is 10.5 Å². The van der Waals surface area contributed by atoms with Crippen molar-refractivity contribution in [3.63, 3.8) is 0 Å². The molecule has 8 heteroatoms. The lowest BCUT2D eigenvalue weighted by atomic mass is 10.1. The lowest BCUT2D eigenvalue weighted by Crippen LogP contribution is -2.25. The smallest absolute Gasteiger partial charge is 0.269 e. The fourth-order valence-electron chi connectivity index (χ4n) is 2.16. The summed E-state index contributed by atoms with van der Waals surface area (Å²) in [5.41, 5.74) is 6.71. The van der Waals surface area contributed by atoms with E-state index in [0.717, 1.165) is 5.56 Å². The van der Waals surface area contributed by atoms with Crippen LogP contribution in [0.5, 0.6) is 11.5 Å². The molecule has 0 aromatic heterocycles. The fourth-order valence-corrected chi connectivity index (χ4v) is 2.16. The Labute approximate surface area is 142 Å². The van der Waals surface area contributed by atoms with Gasteiger partial charge >= 0.3 is 0 Å². The first kappa shape index (κ1) is 16.1. The van der Waals surface area contributed by atoms with Crippen molar-refractivity contribution >= 4 is 17.6 Å². The number of nitro benzene ring substituents is 1. The van der Waals surface area contributed by atoms with Crippen molar-refractivity contribution in [3.05, 3.63) is 82.0 Å². The lowest BCUT2D eigenvalue weighted by Gasteiger charge is -2.18. The first-order valence-electron chi connectivity index (χ1n) is 7.24. The van der Waals surface area contributed by atoms with Gasteiger partial charge < -0.3 is 20.9 Å². The molecule has 0 atom stereocenters. The number of nitrogens with zero attached hydrogens (tertiary/aromatic N) is 2. The molecule has 1 aliphatic rings. The van der Waals surface area contributed by atoms with E-state index >= 15 is 0 Å². The predicted molar refractivity (Wildman–Crippen MR) is 90.4 cm³/mol. The van der Waals surface area contributed by atoms with Gasteiger partial charge in [-0.2, -0.15) is 0 Å². The fraction of sp³-hybridized carbons (Fsp3) is 0. The Morgan fingerprint density at radius 1 is 1.08 bits per heavy atom. The van der Waals surface area contributed by atoms with Crippen molar-refractivity contribution in [2.24, 2.45) is 10.7 Å². The highest BCUT2D eigenvalue weighted by Crippen LogP contribution is 2.25. The standard InChI is InChI=1S/C17H14N4O4/c18-16(22)17-19-10-9-15(20-17)11-1-5-13(6-2-11)25-14-7-3-12(4-8-14)21(23)24/h1-10,20,22H,18H2/p-1. The summed E-state index contributed by atoms with van der Waals surface area (Å²) in [7, 11) is 0. The molecule has 8 nitrogen and oxygen atoms in total. The van der Waals surface area contributed by atoms with E-state index in [1.54, 1.807) is 30.3 Å². The van der Waals surface area contributed by atoms with Crippen molar-refractivity contribution in [2.45, 2.75) is 0 Å². The monoisotopic (exact) mass is 337 g/mol. The lowest BCUT2D eigenvalue weighted by molar-refractivity contribution is -0.384. The predicted octanol–water partition coefficient (Wildman–Crippen LogP) is 1.85. The molecule has 1 aliphatic heterocycles. The van der Waals surface area contributed by atoms with Gasteiger partial charge in [-0.1, -0.05) is 0 Å². The Bertz CT molecular complexity index is 880. The molecule has 0 aliphatic carbocycles. The van der Waals surface area contributed by atoms with Crippen molar-refractivity contribution < 1.29 is 14.8 Å². The Morgan fingerprint density at radius 3 is 2.24 bits per heavy atom. The summed E-state index contributed by atoms with van der Waals surface area (Å²) in [4.78, 5) is 14.0. The number of hydrogen-bond donors (Lipinski definition) is 2. The summed E-state index contributed by atoms with van der Waals surface area (Å²) in [6, 6.07) is 12.9. The van der Waals surface area contributed by atoms with Gasteiger partial charge in [0.15, 0.2) is 0 Å². The minimum atomic E-state index is -0.639. The Kier molecular flexibility index (Phi) is 4.34. The van der Waals surface area contributed by atoms with Gasteiger partial charge in [0.25, 0.3) is 5.69 Å². The number of nitrogens with two attached hydrogens (primary N) is 1. The molecule has 0 spiro atoms. The molecule has 0 unspecified atom stereocenters. The number of benzene rings is 2. The number of ether oxygens (including phenoxy) is 1. The minimum Gasteiger partial charge on any atom is -0.858 e. The molecule has 0 saturated heterocycles. The van der Waals surface area contributed by atoms with Crippen LogP contribution >= 0.6 is 0 Å². The highest BCUT2D eigenvalue weighted by Gasteiger charge is 2.08. The van der Waals surface area contributed by atoms with Crippen LogP contribution in [0, 0.1) is 10.1 Å². The summed E-state index contributed by atoms with van der Waals surface area (Å²) in [6.07, 6.45) is 3.21. The highest BCUT2D eigenvalue weighted by molar-refractivity contribution is 5.87. The third-order valence-electron chi connectivity index (χ3n) is 3.38. The van der Waals surface area contributed by atoms with Gasteiger partial charge in [0.05, 0.1) is 4.92 Å². The zero-order valence-corrected chi connectivity index (χ0v) is 12.9. The molecule has 1 heterocycles. The second kappa shape index (κ2) is 6.75. The second-order valence-electron chi connectivity index (χ2n) is 5.07. The molecule has 3 N–H and O–H groups in total. The van der Waals surface area contributed by atoms with Crippen LogP contribution in [0.3, 0.4) is 0 Å². The van der Waals surface area contributed by atoms with Crippen molar-refractivity contribution in [1.82, 2.24) is 5.32 Å². The van der Waals surface area contributed by atoms with Crippen molar-refractivity contribution in [1.29, 1.82) is 0 Å². The normalized spacial score (nSPS) is 15.1. The summed E-state index contributed by atoms with van der Waals surface area (Å²) < 4.78 is 5.65. The Balaban J connectivity index is 1.72. The van der Waals surface area contributed by atoms with Crippen LogP contribution in [0.2, 0.25) is 0 Å². The molecule has 3 rings (SSSR count). The van der Waals surface area contributed by atoms with Gasteiger partial charge in [-0.25, -0.2) is 4.99 Å². The summed E-state index contributed by atoms with van der Waals surface area (Å²) in [5, 5.41) is 24.7. The molecule has 0 bridgehead atoms. The topological polar surface area (TPSA) is 126 Å². The van der Waals surface area contributed by atoms with E-state index in [1.807, 2.05) is 0 Å². The van der Waals surface area contributed by atoms with Crippen molar-refractivity contribution in [3.8, 4) is 11.5 Å². The maximum absolute atomic E-state index is 11.2. The van der Waals surface area contributed by atoms with E-state index in [9.17, 15) is 15.2 Å². The highest BCUT2D eigenvalue weighted by atomic mass is 16.6. The van der Waals surface area contributed by atoms with Gasteiger partial charge in [0.2, 0.25) is 0 Å². The number of rotatable bonds is 4. The largest absolute Gasteiger partial charge is 0.858 e. The Hall–Kier alpha value is -3.81. The third-order valence-corrected chi connectivity index (χ3v) is 3.38. The maximum atomic E-state index is 11.2. The molecular weight excluding hydrogens is 324 g/mol. The van der Waals surface area contributed by atoms with Crippen LogP contribution in [0.15, 0.2) is 71.3 Å². The van der Waals surface area contributed by atoms with Gasteiger partial charge in [0, 0.05) is 24.0 Å². The molecule has 0 fully saturated rings. The second-order valence-corrected chi connectivity index (χ2v) is 5.07. The van der Waals surface area contributed by atoms with Crippen LogP contribution in [0.25, 0.3) is 5.70 Å². The zero-order valence-electron chi connectivity index (χ0n) is 12.9. The van der Waals surface area contributed by atoms with Gasteiger partial charge in [-0.05, 0) is 53.9 Å². The number of nitrogens with one attached hydrogen (secondary N) is 1. The number of nitro groups is 1. The zero-order chi connectivity index (χ0) is 17.8. The number of aliphatic imine (C=N–C) groups is 1. The Morgan fingerprint density at radius 2 is 1.68 bits per heavy atom. The molecule has 0 radical (unpaired) electrons. The molecular formula is C17H13N4O4-. The van der Waals surface area contributed by atoms with Crippen LogP contribution < -0.4 is 20.9 Å². The average molecular weight is 337 g/mol. The number of non-ortho nitro benzene ring substituents is 1. The van der Waals surface area contributed by atoms with Crippen LogP contribution in [0.1, 0.15) is 5.56 Å². The summed E-state index contributed by atoms with van der Waals surface area (Å²) in [6.45, 7) is 0. The first-order valence-corrected chi connectivity index (χ1v) is 7.24. The molecule has 2 aromatic rings. The number of hydrogen-bond acceptors (Lipinski definition) is 7. The van der Waals surface area contributed by atoms with Gasteiger partial charge in [-0.3, -0.25) is 10.1 Å². The SMILES string of the molecule is NC([O-])=C1N=CC=C(c2ccc(Oc3ccc([N+](=O)[O-])cc3)cc2)N1. The number of allylic oxidation sites excluding steroid dienone is 1. The minimum absolute atomic E-state index is 0.00109. The van der Waals surface area contributed by atoms with Crippen LogP contribution in [0.4, 0.5) is 5.69 Å². The molecule has 126 valence electrons. The van der Waals surface area contributed by atoms with Gasteiger partial charge in [0.1, 0.15) is 17.3 Å². The maximum Gasteiger partial charge on any atom is 0.269 e. The summed E-state index contributed by atoms with van der Waals surface area (Å²) >= 11 is 0. The van der Waals surface area contributed by atoms with E-state index in [-0.39, 0.29) is 11.5 Å². The average Bonchev–Trinajstić information content (AvgIpc) is 2.63. The third kappa shape index (κ3) is 3.75. The van der Waals surface area contributed by atoms with E-state index in [2.05, 4.69) is 10.3 Å². The van der Waals surface area contributed by atoms with Gasteiger partial charge in [-0.15, -0.1) is 0 Å². The van der Waals surface area contributed by atoms with E-state index < -0.39 is 10.8 Å². The first-order chi connectivity index (χ1) is 12.0. The molecule has 2 aromatic carbocycles. The van der Waals surface area contributed by atoms with E-state index in [1.165, 1.54) is 30.5 Å². The summed E-state index contributed by atoms with van der Waals surface area (Å²) in [5.74, 6) is 0.496. The van der Waals surface area contributed by atoms with Crippen LogP contribution in [-0.2, 0) is 0 Å². The molecule has 0 amide bonds.